The molecule has 2 saturated heterocycles. The zero-order chi connectivity index (χ0) is 15.4. The Labute approximate surface area is 120 Å². The Balaban J connectivity index is 2.00. The van der Waals surface area contributed by atoms with Crippen LogP contribution < -0.4 is 0 Å². The molecular weight excluding hydrogens is 285 g/mol. The number of hydrogen-bond acceptors (Lipinski definition) is 3. The average molecular weight is 300 g/mol. The van der Waals surface area contributed by atoms with Crippen molar-refractivity contribution in [2.75, 3.05) is 6.61 Å². The van der Waals surface area contributed by atoms with E-state index in [2.05, 4.69) is 0 Å². The third kappa shape index (κ3) is 1.96. The lowest BCUT2D eigenvalue weighted by Gasteiger charge is -2.41. The monoisotopic (exact) mass is 300 g/mol. The van der Waals surface area contributed by atoms with Gasteiger partial charge in [-0.3, -0.25) is 4.79 Å². The minimum absolute atomic E-state index is 0.126. The van der Waals surface area contributed by atoms with Crippen molar-refractivity contribution in [3.05, 3.63) is 35.1 Å². The number of rotatable bonds is 3. The van der Waals surface area contributed by atoms with E-state index in [-0.39, 0.29) is 12.2 Å². The quantitative estimate of drug-likeness (QED) is 0.635. The molecule has 3 fully saturated rings. The van der Waals surface area contributed by atoms with Crippen molar-refractivity contribution in [1.82, 2.24) is 0 Å². The first-order valence-corrected chi connectivity index (χ1v) is 6.81. The van der Waals surface area contributed by atoms with Gasteiger partial charge in [0.1, 0.15) is 5.41 Å². The molecule has 1 aromatic rings. The van der Waals surface area contributed by atoms with Crippen LogP contribution in [-0.4, -0.2) is 18.2 Å². The molecule has 1 aromatic carbocycles. The molecule has 2 bridgehead atoms. The number of fused-ring (bicyclic) bond motifs is 1. The normalized spacial score (nSPS) is 33.7. The fraction of sp³-hybridized carbons (Fsp3) is 0.533. The molecule has 1 unspecified atom stereocenters. The van der Waals surface area contributed by atoms with Crippen LogP contribution in [0.1, 0.15) is 38.4 Å². The van der Waals surface area contributed by atoms with E-state index in [1.165, 1.54) is 0 Å². The lowest BCUT2D eigenvalue weighted by Crippen LogP contribution is -2.48. The molecule has 2 heterocycles. The second-order valence-corrected chi connectivity index (χ2v) is 5.98. The van der Waals surface area contributed by atoms with Crippen molar-refractivity contribution >= 4 is 5.97 Å². The summed E-state index contributed by atoms with van der Waals surface area (Å²) in [6.45, 7) is 3.74. The van der Waals surface area contributed by atoms with Gasteiger partial charge in [0, 0.05) is 0 Å². The van der Waals surface area contributed by atoms with E-state index in [1.54, 1.807) is 6.92 Å². The maximum absolute atomic E-state index is 13.4. The third-order valence-corrected chi connectivity index (χ3v) is 4.27. The van der Waals surface area contributed by atoms with Crippen LogP contribution >= 0.6 is 0 Å². The van der Waals surface area contributed by atoms with E-state index in [0.29, 0.717) is 12.8 Å². The molecule has 21 heavy (non-hydrogen) atoms. The van der Waals surface area contributed by atoms with Crippen molar-refractivity contribution in [3.8, 4) is 0 Å². The summed E-state index contributed by atoms with van der Waals surface area (Å²) in [6, 6.07) is 1.77. The lowest BCUT2D eigenvalue weighted by molar-refractivity contribution is -0.161. The van der Waals surface area contributed by atoms with Crippen LogP contribution in [0.25, 0.3) is 0 Å². The molecule has 0 N–H and O–H groups in total. The number of carbonyl (C=O) groups is 1. The Kier molecular flexibility index (Phi) is 3.06. The summed E-state index contributed by atoms with van der Waals surface area (Å²) < 4.78 is 50.7. The van der Waals surface area contributed by atoms with Crippen molar-refractivity contribution in [1.29, 1.82) is 0 Å². The third-order valence-electron chi connectivity index (χ3n) is 4.27. The predicted octanol–water partition coefficient (Wildman–Crippen LogP) is 3.28. The van der Waals surface area contributed by atoms with Crippen LogP contribution in [0.4, 0.5) is 13.2 Å². The van der Waals surface area contributed by atoms with E-state index >= 15 is 0 Å². The highest BCUT2D eigenvalue weighted by atomic mass is 19.2. The Morgan fingerprint density at radius 1 is 1.33 bits per heavy atom. The van der Waals surface area contributed by atoms with Gasteiger partial charge in [0.2, 0.25) is 0 Å². The van der Waals surface area contributed by atoms with Gasteiger partial charge in [0.15, 0.2) is 17.5 Å². The zero-order valence-electron chi connectivity index (χ0n) is 11.7. The Hall–Kier alpha value is -1.56. The van der Waals surface area contributed by atoms with Gasteiger partial charge in [-0.25, -0.2) is 13.2 Å². The highest BCUT2D eigenvalue weighted by Crippen LogP contribution is 2.67. The van der Waals surface area contributed by atoms with Gasteiger partial charge >= 0.3 is 5.97 Å². The Bertz CT molecular complexity index is 585. The van der Waals surface area contributed by atoms with Crippen LogP contribution in [0.2, 0.25) is 0 Å². The largest absolute Gasteiger partial charge is 0.465 e. The molecule has 3 aliphatic rings. The Morgan fingerprint density at radius 2 is 1.90 bits per heavy atom. The van der Waals surface area contributed by atoms with E-state index in [9.17, 15) is 18.0 Å². The van der Waals surface area contributed by atoms with Crippen molar-refractivity contribution in [2.45, 2.75) is 38.4 Å². The van der Waals surface area contributed by atoms with E-state index in [1.807, 2.05) is 6.92 Å². The number of benzene rings is 1. The molecule has 114 valence electrons. The van der Waals surface area contributed by atoms with Gasteiger partial charge in [-0.15, -0.1) is 0 Å². The summed E-state index contributed by atoms with van der Waals surface area (Å²) in [5, 5.41) is 0. The molecule has 1 aliphatic carbocycles. The van der Waals surface area contributed by atoms with E-state index in [0.717, 1.165) is 12.1 Å². The molecule has 1 saturated carbocycles. The number of esters is 1. The first-order valence-electron chi connectivity index (χ1n) is 6.81. The van der Waals surface area contributed by atoms with Gasteiger partial charge in [-0.05, 0) is 44.4 Å². The zero-order valence-corrected chi connectivity index (χ0v) is 11.7. The average Bonchev–Trinajstić information content (AvgIpc) is 2.85. The van der Waals surface area contributed by atoms with Crippen LogP contribution in [0, 0.1) is 22.9 Å². The van der Waals surface area contributed by atoms with Gasteiger partial charge in [0.25, 0.3) is 0 Å². The first kappa shape index (κ1) is 14.4. The summed E-state index contributed by atoms with van der Waals surface area (Å²) in [5.41, 5.74) is -1.30. The minimum atomic E-state index is -1.53. The molecule has 6 heteroatoms. The van der Waals surface area contributed by atoms with Crippen LogP contribution in [0.5, 0.6) is 0 Å². The van der Waals surface area contributed by atoms with Gasteiger partial charge in [-0.1, -0.05) is 0 Å². The minimum Gasteiger partial charge on any atom is -0.465 e. The highest BCUT2D eigenvalue weighted by Gasteiger charge is 2.70. The van der Waals surface area contributed by atoms with Crippen molar-refractivity contribution in [3.63, 3.8) is 0 Å². The van der Waals surface area contributed by atoms with Crippen molar-refractivity contribution in [2.24, 2.45) is 5.41 Å². The van der Waals surface area contributed by atoms with Gasteiger partial charge in [0.05, 0.1) is 18.3 Å². The number of halogens is 3. The first-order chi connectivity index (χ1) is 9.81. The Morgan fingerprint density at radius 3 is 2.43 bits per heavy atom. The summed E-state index contributed by atoms with van der Waals surface area (Å²) in [7, 11) is 0. The molecule has 0 spiro atoms. The molecule has 4 rings (SSSR count). The van der Waals surface area contributed by atoms with E-state index < -0.39 is 40.5 Å². The van der Waals surface area contributed by atoms with Crippen LogP contribution in [0.15, 0.2) is 12.1 Å². The molecule has 0 amide bonds. The van der Waals surface area contributed by atoms with Crippen LogP contribution in [0.3, 0.4) is 0 Å². The molecule has 3 nitrogen and oxygen atoms in total. The molecule has 2 aliphatic heterocycles. The standard InChI is InChI=1S/C15H15F3O3/c1-3-20-13(19)15-6-14(2,7-15)21-12(15)8-4-9(16)11(18)10(17)5-8/h4-5,12H,3,6-7H2,1-2H3. The summed E-state index contributed by atoms with van der Waals surface area (Å²) in [5.74, 6) is -4.54. The molecule has 0 radical (unpaired) electrons. The topological polar surface area (TPSA) is 35.5 Å². The number of carbonyl (C=O) groups excluding carboxylic acids is 1. The molecule has 1 atom stereocenters. The summed E-state index contributed by atoms with van der Waals surface area (Å²) in [4.78, 5) is 12.2. The SMILES string of the molecule is CCOC(=O)C12CC(C)(C1)OC2c1cc(F)c(F)c(F)c1. The van der Waals surface area contributed by atoms with Gasteiger partial charge < -0.3 is 9.47 Å². The van der Waals surface area contributed by atoms with E-state index in [4.69, 9.17) is 9.47 Å². The molecule has 0 aromatic heterocycles. The van der Waals surface area contributed by atoms with Crippen LogP contribution in [-0.2, 0) is 14.3 Å². The summed E-state index contributed by atoms with van der Waals surface area (Å²) >= 11 is 0. The fourth-order valence-corrected chi connectivity index (χ4v) is 3.59. The van der Waals surface area contributed by atoms with Crippen molar-refractivity contribution < 1.29 is 27.4 Å². The smallest absolute Gasteiger partial charge is 0.315 e. The predicted molar refractivity (Wildman–Crippen MR) is 66.8 cm³/mol. The fourth-order valence-electron chi connectivity index (χ4n) is 3.59. The highest BCUT2D eigenvalue weighted by molar-refractivity contribution is 5.80. The number of ether oxygens (including phenoxy) is 2. The maximum Gasteiger partial charge on any atom is 0.315 e. The van der Waals surface area contributed by atoms with Gasteiger partial charge in [-0.2, -0.15) is 0 Å². The second kappa shape index (κ2) is 4.47. The number of hydrogen-bond donors (Lipinski definition) is 0. The maximum atomic E-state index is 13.4. The molecular formula is C15H15F3O3. The summed E-state index contributed by atoms with van der Waals surface area (Å²) in [6.07, 6.45) is 0.0555. The second-order valence-electron chi connectivity index (χ2n) is 5.98. The lowest BCUT2D eigenvalue weighted by atomic mass is 9.60.